The minimum absolute atomic E-state index is 0.305. The van der Waals surface area contributed by atoms with E-state index >= 15 is 0 Å². The normalized spacial score (nSPS) is 10.3. The molecule has 0 unspecified atom stereocenters. The van der Waals surface area contributed by atoms with Crippen molar-refractivity contribution in [3.8, 4) is 0 Å². The molecule has 1 aromatic rings. The van der Waals surface area contributed by atoms with Crippen molar-refractivity contribution < 1.29 is 0 Å². The van der Waals surface area contributed by atoms with Crippen LogP contribution in [0.5, 0.6) is 0 Å². The van der Waals surface area contributed by atoms with Gasteiger partial charge in [-0.3, -0.25) is 4.98 Å². The molecule has 15 heavy (non-hydrogen) atoms. The van der Waals surface area contributed by atoms with Gasteiger partial charge in [0.05, 0.1) is 11.9 Å². The Morgan fingerprint density at radius 1 is 1.60 bits per heavy atom. The highest BCUT2D eigenvalue weighted by Gasteiger charge is 2.07. The van der Waals surface area contributed by atoms with Gasteiger partial charge in [-0.1, -0.05) is 25.6 Å². The van der Waals surface area contributed by atoms with Gasteiger partial charge in [-0.05, 0) is 19.1 Å². The Morgan fingerprint density at radius 3 is 2.87 bits per heavy atom. The molecule has 0 aliphatic carbocycles. The zero-order valence-corrected chi connectivity index (χ0v) is 10.6. The van der Waals surface area contributed by atoms with E-state index in [1.165, 1.54) is 0 Å². The molecular weight excluding hydrogens is 226 g/mol. The number of nitrogens with two attached hydrogens (primary N) is 1. The van der Waals surface area contributed by atoms with Gasteiger partial charge in [-0.25, -0.2) is 4.98 Å². The van der Waals surface area contributed by atoms with Crippen LogP contribution in [-0.4, -0.2) is 21.2 Å². The fraction of sp³-hybridized carbons (Fsp3) is 0.500. The SMILES string of the molecule is CCCCc1ncc(C(N)=S)nc1SC. The van der Waals surface area contributed by atoms with Gasteiger partial charge in [-0.2, -0.15) is 0 Å². The number of thiocarbonyl (C=S) groups is 1. The monoisotopic (exact) mass is 241 g/mol. The Bertz CT molecular complexity index is 353. The van der Waals surface area contributed by atoms with Crippen LogP contribution in [0.1, 0.15) is 31.2 Å². The number of nitrogens with zero attached hydrogens (tertiary/aromatic N) is 2. The molecule has 0 spiro atoms. The van der Waals surface area contributed by atoms with Gasteiger partial charge in [0.25, 0.3) is 0 Å². The zero-order chi connectivity index (χ0) is 11.3. The van der Waals surface area contributed by atoms with Crippen LogP contribution in [0.15, 0.2) is 11.2 Å². The molecule has 1 rings (SSSR count). The van der Waals surface area contributed by atoms with Crippen molar-refractivity contribution in [3.05, 3.63) is 17.6 Å². The van der Waals surface area contributed by atoms with Crippen molar-refractivity contribution in [2.45, 2.75) is 31.2 Å². The Hall–Kier alpha value is -0.680. The maximum Gasteiger partial charge on any atom is 0.124 e. The summed E-state index contributed by atoms with van der Waals surface area (Å²) in [5.74, 6) is 0. The number of aromatic nitrogens is 2. The van der Waals surface area contributed by atoms with E-state index in [1.54, 1.807) is 18.0 Å². The molecule has 0 aliphatic heterocycles. The van der Waals surface area contributed by atoms with Crippen LogP contribution < -0.4 is 5.73 Å². The van der Waals surface area contributed by atoms with Gasteiger partial charge < -0.3 is 5.73 Å². The molecule has 0 aromatic carbocycles. The van der Waals surface area contributed by atoms with E-state index in [4.69, 9.17) is 18.0 Å². The fourth-order valence-electron chi connectivity index (χ4n) is 1.19. The highest BCUT2D eigenvalue weighted by atomic mass is 32.2. The van der Waals surface area contributed by atoms with Gasteiger partial charge in [0.1, 0.15) is 15.7 Å². The predicted octanol–water partition coefficient (Wildman–Crippen LogP) is 2.18. The van der Waals surface area contributed by atoms with Gasteiger partial charge in [0.15, 0.2) is 0 Å². The topological polar surface area (TPSA) is 51.8 Å². The van der Waals surface area contributed by atoms with Gasteiger partial charge in [0.2, 0.25) is 0 Å². The third-order valence-corrected chi connectivity index (χ3v) is 2.95. The first kappa shape index (κ1) is 12.4. The van der Waals surface area contributed by atoms with E-state index < -0.39 is 0 Å². The molecule has 2 N–H and O–H groups in total. The average molecular weight is 241 g/mol. The van der Waals surface area contributed by atoms with Crippen LogP contribution in [0.2, 0.25) is 0 Å². The van der Waals surface area contributed by atoms with Crippen LogP contribution in [-0.2, 0) is 6.42 Å². The second-order valence-corrected chi connectivity index (χ2v) is 4.41. The molecule has 5 heteroatoms. The molecule has 0 aliphatic rings. The number of rotatable bonds is 5. The molecule has 0 amide bonds. The first-order valence-corrected chi connectivity index (χ1v) is 6.52. The highest BCUT2D eigenvalue weighted by Crippen LogP contribution is 2.17. The summed E-state index contributed by atoms with van der Waals surface area (Å²) >= 11 is 6.45. The Labute approximate surface area is 99.9 Å². The number of hydrogen-bond donors (Lipinski definition) is 1. The van der Waals surface area contributed by atoms with Crippen LogP contribution >= 0.6 is 24.0 Å². The Balaban J connectivity index is 2.93. The van der Waals surface area contributed by atoms with Crippen molar-refractivity contribution in [1.82, 2.24) is 9.97 Å². The van der Waals surface area contributed by atoms with E-state index in [-0.39, 0.29) is 0 Å². The minimum atomic E-state index is 0.305. The van der Waals surface area contributed by atoms with E-state index in [0.29, 0.717) is 10.7 Å². The smallest absolute Gasteiger partial charge is 0.124 e. The van der Waals surface area contributed by atoms with Crippen LogP contribution in [0.25, 0.3) is 0 Å². The van der Waals surface area contributed by atoms with E-state index in [0.717, 1.165) is 30.0 Å². The summed E-state index contributed by atoms with van der Waals surface area (Å²) in [6.45, 7) is 2.16. The quantitative estimate of drug-likeness (QED) is 0.632. The molecule has 82 valence electrons. The molecule has 3 nitrogen and oxygen atoms in total. The number of aryl methyl sites for hydroxylation is 1. The second kappa shape index (κ2) is 6.02. The number of hydrogen-bond acceptors (Lipinski definition) is 4. The number of thioether (sulfide) groups is 1. The van der Waals surface area contributed by atoms with Crippen LogP contribution in [0.4, 0.5) is 0 Å². The molecule has 1 heterocycles. The van der Waals surface area contributed by atoms with Crippen molar-refractivity contribution in [1.29, 1.82) is 0 Å². The van der Waals surface area contributed by atoms with E-state index in [9.17, 15) is 0 Å². The van der Waals surface area contributed by atoms with Crippen LogP contribution in [0, 0.1) is 0 Å². The fourth-order valence-corrected chi connectivity index (χ4v) is 1.87. The Morgan fingerprint density at radius 2 is 2.33 bits per heavy atom. The molecule has 0 atom stereocenters. The first-order chi connectivity index (χ1) is 7.19. The molecule has 0 bridgehead atoms. The summed E-state index contributed by atoms with van der Waals surface area (Å²) in [5, 5.41) is 0.939. The van der Waals surface area contributed by atoms with E-state index in [1.807, 2.05) is 6.26 Å². The van der Waals surface area contributed by atoms with Crippen molar-refractivity contribution >= 4 is 29.0 Å². The van der Waals surface area contributed by atoms with Gasteiger partial charge >= 0.3 is 0 Å². The third-order valence-electron chi connectivity index (χ3n) is 2.02. The summed E-state index contributed by atoms with van der Waals surface area (Å²) in [6.07, 6.45) is 6.91. The summed E-state index contributed by atoms with van der Waals surface area (Å²) < 4.78 is 0. The van der Waals surface area contributed by atoms with Crippen molar-refractivity contribution in [2.75, 3.05) is 6.26 Å². The third kappa shape index (κ3) is 3.43. The lowest BCUT2D eigenvalue weighted by molar-refractivity contribution is 0.749. The van der Waals surface area contributed by atoms with Crippen molar-refractivity contribution in [3.63, 3.8) is 0 Å². The average Bonchev–Trinajstić information content (AvgIpc) is 2.25. The summed E-state index contributed by atoms with van der Waals surface area (Å²) in [7, 11) is 0. The van der Waals surface area contributed by atoms with E-state index in [2.05, 4.69) is 16.9 Å². The molecule has 0 saturated heterocycles. The first-order valence-electron chi connectivity index (χ1n) is 4.88. The summed E-state index contributed by atoms with van der Waals surface area (Å²) in [4.78, 5) is 9.04. The standard InChI is InChI=1S/C10H15N3S2/c1-3-4-5-7-10(15-2)13-8(6-12-7)9(11)14/h6H,3-5H2,1-2H3,(H2,11,14). The molecular formula is C10H15N3S2. The lowest BCUT2D eigenvalue weighted by Crippen LogP contribution is -2.13. The molecule has 0 saturated carbocycles. The maximum absolute atomic E-state index is 5.51. The highest BCUT2D eigenvalue weighted by molar-refractivity contribution is 7.98. The second-order valence-electron chi connectivity index (χ2n) is 3.18. The summed E-state index contributed by atoms with van der Waals surface area (Å²) in [5.41, 5.74) is 7.16. The Kier molecular flexibility index (Phi) is 4.98. The van der Waals surface area contributed by atoms with Gasteiger partial charge in [-0.15, -0.1) is 11.8 Å². The molecule has 0 fully saturated rings. The minimum Gasteiger partial charge on any atom is -0.388 e. The molecule has 0 radical (unpaired) electrons. The van der Waals surface area contributed by atoms with Crippen LogP contribution in [0.3, 0.4) is 0 Å². The largest absolute Gasteiger partial charge is 0.388 e. The molecule has 1 aromatic heterocycles. The van der Waals surface area contributed by atoms with Crippen molar-refractivity contribution in [2.24, 2.45) is 5.73 Å². The predicted molar refractivity (Wildman–Crippen MR) is 68.3 cm³/mol. The number of unbranched alkanes of at least 4 members (excludes halogenated alkanes) is 1. The summed E-state index contributed by atoms with van der Waals surface area (Å²) in [6, 6.07) is 0. The zero-order valence-electron chi connectivity index (χ0n) is 8.99. The van der Waals surface area contributed by atoms with Gasteiger partial charge in [0, 0.05) is 0 Å². The lowest BCUT2D eigenvalue weighted by Gasteiger charge is -2.06. The maximum atomic E-state index is 5.51. The lowest BCUT2D eigenvalue weighted by atomic mass is 10.2.